The average molecular weight is 277 g/mol. The van der Waals surface area contributed by atoms with Crippen LogP contribution in [0.25, 0.3) is 11.1 Å². The minimum Gasteiger partial charge on any atom is -0.385 e. The van der Waals surface area contributed by atoms with Gasteiger partial charge in [-0.05, 0) is 47.7 Å². The van der Waals surface area contributed by atoms with Crippen molar-refractivity contribution < 1.29 is 13.2 Å². The van der Waals surface area contributed by atoms with Crippen LogP contribution < -0.4 is 5.32 Å². The summed E-state index contributed by atoms with van der Waals surface area (Å²) in [5.41, 5.74) is 3.05. The zero-order valence-electron chi connectivity index (χ0n) is 10.8. The lowest BCUT2D eigenvalue weighted by Crippen LogP contribution is -2.11. The normalized spacial score (nSPS) is 14.6. The van der Waals surface area contributed by atoms with Crippen LogP contribution in [-0.2, 0) is 12.6 Å². The molecule has 0 aromatic heterocycles. The Morgan fingerprint density at radius 1 is 0.950 bits per heavy atom. The molecular weight excluding hydrogens is 263 g/mol. The number of anilines is 1. The Morgan fingerprint density at radius 2 is 1.75 bits per heavy atom. The van der Waals surface area contributed by atoms with E-state index in [4.69, 9.17) is 0 Å². The second kappa shape index (κ2) is 4.85. The van der Waals surface area contributed by atoms with Crippen LogP contribution in [0, 0.1) is 0 Å². The number of benzene rings is 2. The highest BCUT2D eigenvalue weighted by Gasteiger charge is 2.30. The first kappa shape index (κ1) is 13.0. The second-order valence-electron chi connectivity index (χ2n) is 4.98. The van der Waals surface area contributed by atoms with E-state index in [1.807, 2.05) is 18.2 Å². The van der Waals surface area contributed by atoms with Crippen molar-refractivity contribution in [3.63, 3.8) is 0 Å². The minimum absolute atomic E-state index is 0.593. The summed E-state index contributed by atoms with van der Waals surface area (Å²) in [5, 5.41) is 3.30. The molecule has 3 rings (SSSR count). The van der Waals surface area contributed by atoms with E-state index >= 15 is 0 Å². The van der Waals surface area contributed by atoms with Crippen LogP contribution >= 0.6 is 0 Å². The van der Waals surface area contributed by atoms with Crippen LogP contribution in [0.1, 0.15) is 17.5 Å². The zero-order chi connectivity index (χ0) is 14.2. The molecule has 1 aliphatic heterocycles. The predicted molar refractivity (Wildman–Crippen MR) is 73.7 cm³/mol. The lowest BCUT2D eigenvalue weighted by Gasteiger charge is -2.19. The SMILES string of the molecule is FC(F)(F)c1cccc(-c2ccc3c(c2)NCCC3)c1. The molecule has 0 atom stereocenters. The van der Waals surface area contributed by atoms with Gasteiger partial charge in [0.05, 0.1) is 5.56 Å². The quantitative estimate of drug-likeness (QED) is 0.794. The molecule has 0 unspecified atom stereocenters. The van der Waals surface area contributed by atoms with Gasteiger partial charge in [-0.15, -0.1) is 0 Å². The molecule has 0 amide bonds. The smallest absolute Gasteiger partial charge is 0.385 e. The van der Waals surface area contributed by atoms with Gasteiger partial charge in [0.15, 0.2) is 0 Å². The fourth-order valence-electron chi connectivity index (χ4n) is 2.52. The monoisotopic (exact) mass is 277 g/mol. The number of aryl methyl sites for hydroxylation is 1. The molecule has 0 fully saturated rings. The van der Waals surface area contributed by atoms with Crippen LogP contribution in [0.5, 0.6) is 0 Å². The average Bonchev–Trinajstić information content (AvgIpc) is 2.46. The van der Waals surface area contributed by atoms with Crippen LogP contribution in [-0.4, -0.2) is 6.54 Å². The lowest BCUT2D eigenvalue weighted by atomic mass is 9.97. The Morgan fingerprint density at radius 3 is 2.55 bits per heavy atom. The van der Waals surface area contributed by atoms with Gasteiger partial charge in [-0.1, -0.05) is 24.3 Å². The van der Waals surface area contributed by atoms with E-state index in [1.54, 1.807) is 6.07 Å². The third-order valence-corrected chi connectivity index (χ3v) is 3.57. The highest BCUT2D eigenvalue weighted by atomic mass is 19.4. The van der Waals surface area contributed by atoms with Gasteiger partial charge in [-0.25, -0.2) is 0 Å². The van der Waals surface area contributed by atoms with Crippen LogP contribution in [0.4, 0.5) is 18.9 Å². The fraction of sp³-hybridized carbons (Fsp3) is 0.250. The minimum atomic E-state index is -4.30. The summed E-state index contributed by atoms with van der Waals surface area (Å²) in [7, 11) is 0. The molecule has 0 spiro atoms. The molecule has 2 aromatic rings. The first-order valence-electron chi connectivity index (χ1n) is 6.58. The molecule has 20 heavy (non-hydrogen) atoms. The Balaban J connectivity index is 2.01. The van der Waals surface area contributed by atoms with Gasteiger partial charge in [0.25, 0.3) is 0 Å². The van der Waals surface area contributed by atoms with Crippen molar-refractivity contribution in [2.24, 2.45) is 0 Å². The number of hydrogen-bond donors (Lipinski definition) is 1. The van der Waals surface area contributed by atoms with Crippen molar-refractivity contribution in [1.29, 1.82) is 0 Å². The number of hydrogen-bond acceptors (Lipinski definition) is 1. The summed E-state index contributed by atoms with van der Waals surface area (Å²) in [6, 6.07) is 11.3. The zero-order valence-corrected chi connectivity index (χ0v) is 10.8. The Labute approximate surface area is 115 Å². The maximum absolute atomic E-state index is 12.7. The van der Waals surface area contributed by atoms with Crippen molar-refractivity contribution in [2.45, 2.75) is 19.0 Å². The van der Waals surface area contributed by atoms with Crippen molar-refractivity contribution in [3.05, 3.63) is 53.6 Å². The molecule has 1 nitrogen and oxygen atoms in total. The largest absolute Gasteiger partial charge is 0.416 e. The molecule has 0 aliphatic carbocycles. The van der Waals surface area contributed by atoms with Gasteiger partial charge in [-0.3, -0.25) is 0 Å². The summed E-state index contributed by atoms with van der Waals surface area (Å²) in [6.45, 7) is 0.916. The van der Waals surface area contributed by atoms with Crippen molar-refractivity contribution in [2.75, 3.05) is 11.9 Å². The van der Waals surface area contributed by atoms with Gasteiger partial charge in [-0.2, -0.15) is 13.2 Å². The molecule has 0 saturated carbocycles. The maximum atomic E-state index is 12.7. The number of rotatable bonds is 1. The summed E-state index contributed by atoms with van der Waals surface area (Å²) < 4.78 is 38.2. The molecule has 1 heterocycles. The molecule has 0 radical (unpaired) electrons. The van der Waals surface area contributed by atoms with Crippen molar-refractivity contribution in [3.8, 4) is 11.1 Å². The maximum Gasteiger partial charge on any atom is 0.416 e. The van der Waals surface area contributed by atoms with E-state index in [1.165, 1.54) is 17.7 Å². The van der Waals surface area contributed by atoms with E-state index < -0.39 is 11.7 Å². The lowest BCUT2D eigenvalue weighted by molar-refractivity contribution is -0.137. The van der Waals surface area contributed by atoms with Crippen LogP contribution in [0.15, 0.2) is 42.5 Å². The van der Waals surface area contributed by atoms with Gasteiger partial charge >= 0.3 is 6.18 Å². The number of halogens is 3. The van der Waals surface area contributed by atoms with Crippen molar-refractivity contribution in [1.82, 2.24) is 0 Å². The van der Waals surface area contributed by atoms with E-state index in [0.29, 0.717) is 5.56 Å². The van der Waals surface area contributed by atoms with Crippen LogP contribution in [0.2, 0.25) is 0 Å². The third-order valence-electron chi connectivity index (χ3n) is 3.57. The van der Waals surface area contributed by atoms with Gasteiger partial charge in [0, 0.05) is 12.2 Å². The summed E-state index contributed by atoms with van der Waals surface area (Å²) in [4.78, 5) is 0. The number of fused-ring (bicyclic) bond motifs is 1. The summed E-state index contributed by atoms with van der Waals surface area (Å²) in [6.07, 6.45) is -2.19. The topological polar surface area (TPSA) is 12.0 Å². The van der Waals surface area contributed by atoms with Crippen molar-refractivity contribution >= 4 is 5.69 Å². The molecule has 104 valence electrons. The number of nitrogens with one attached hydrogen (secondary N) is 1. The molecule has 0 saturated heterocycles. The molecular formula is C16H14F3N. The Bertz CT molecular complexity index is 632. The second-order valence-corrected chi connectivity index (χ2v) is 4.98. The molecule has 1 aliphatic rings. The highest BCUT2D eigenvalue weighted by molar-refractivity contribution is 5.71. The van der Waals surface area contributed by atoms with E-state index in [2.05, 4.69) is 5.32 Å². The first-order valence-corrected chi connectivity index (χ1v) is 6.58. The number of alkyl halides is 3. The van der Waals surface area contributed by atoms with Gasteiger partial charge in [0.1, 0.15) is 0 Å². The van der Waals surface area contributed by atoms with E-state index in [0.717, 1.165) is 36.7 Å². The molecule has 2 aromatic carbocycles. The van der Waals surface area contributed by atoms with Gasteiger partial charge < -0.3 is 5.32 Å². The van der Waals surface area contributed by atoms with E-state index in [-0.39, 0.29) is 0 Å². The van der Waals surface area contributed by atoms with Crippen LogP contribution in [0.3, 0.4) is 0 Å². The fourth-order valence-corrected chi connectivity index (χ4v) is 2.52. The van der Waals surface area contributed by atoms with E-state index in [9.17, 15) is 13.2 Å². The molecule has 1 N–H and O–H groups in total. The molecule has 4 heteroatoms. The third kappa shape index (κ3) is 2.50. The first-order chi connectivity index (χ1) is 9.54. The predicted octanol–water partition coefficient (Wildman–Crippen LogP) is 4.73. The Kier molecular flexibility index (Phi) is 3.16. The Hall–Kier alpha value is -1.97. The van der Waals surface area contributed by atoms with Gasteiger partial charge in [0.2, 0.25) is 0 Å². The highest BCUT2D eigenvalue weighted by Crippen LogP contribution is 2.33. The summed E-state index contributed by atoms with van der Waals surface area (Å²) in [5.74, 6) is 0. The standard InChI is InChI=1S/C16H14F3N/c17-16(18,19)14-5-1-3-12(9-14)13-7-6-11-4-2-8-20-15(11)10-13/h1,3,5-7,9-10,20H,2,4,8H2. The summed E-state index contributed by atoms with van der Waals surface area (Å²) >= 11 is 0. The molecule has 0 bridgehead atoms.